The molecule has 0 spiro atoms. The van der Waals surface area contributed by atoms with E-state index in [-0.39, 0.29) is 6.66 Å². The Balaban J connectivity index is 0.000000260. The Hall–Kier alpha value is -1.09. The standard InChI is InChI=1S/C12H14O.C9H13.C2H7Si.Ti/c1-2-3-4-8-11-13-12-9-6-5-7-10-12;1-9(2,3)8-6-4-5-7-8;1-3-2;/h2-10H,11H2,1H3;6-7H,4H2,1-3H3;3H,1-2H3;. The molecule has 0 amide bonds. The fourth-order valence-electron chi connectivity index (χ4n) is 2.43. The fraction of sp³-hybridized carbons (Fsp3) is 0.391. The Kier molecular flexibility index (Phi) is 10.9. The van der Waals surface area contributed by atoms with Gasteiger partial charge in [-0.3, -0.25) is 0 Å². The molecule has 1 nitrogen and oxygen atoms in total. The second-order valence-corrected chi connectivity index (χ2v) is 18.0. The van der Waals surface area contributed by atoms with Crippen LogP contribution in [0.5, 0.6) is 5.75 Å². The molecule has 0 bridgehead atoms. The third-order valence-corrected chi connectivity index (χ3v) is 9.67. The zero-order valence-corrected chi connectivity index (χ0v) is 20.0. The molecule has 1 aromatic carbocycles. The number of ether oxygens (including phenoxy) is 1. The molecular formula is C23H34OSiTi. The second-order valence-electron chi connectivity index (χ2n) is 7.66. The first-order valence-corrected chi connectivity index (χ1v) is 15.8. The minimum absolute atomic E-state index is 0.282. The molecule has 0 atom stereocenters. The van der Waals surface area contributed by atoms with Crippen molar-refractivity contribution in [1.29, 1.82) is 0 Å². The monoisotopic (exact) mass is 402 g/mol. The van der Waals surface area contributed by atoms with Gasteiger partial charge in [-0.2, -0.15) is 0 Å². The van der Waals surface area contributed by atoms with Gasteiger partial charge in [0.05, 0.1) is 0 Å². The second kappa shape index (κ2) is 12.3. The van der Waals surface area contributed by atoms with Crippen molar-refractivity contribution < 1.29 is 23.1 Å². The van der Waals surface area contributed by atoms with Crippen LogP contribution in [0.15, 0.2) is 76.2 Å². The summed E-state index contributed by atoms with van der Waals surface area (Å²) >= 11 is 0.302. The molecule has 0 saturated heterocycles. The van der Waals surface area contributed by atoms with Gasteiger partial charge in [-0.1, -0.05) is 36.4 Å². The molecule has 0 radical (unpaired) electrons. The Labute approximate surface area is 170 Å². The van der Waals surface area contributed by atoms with Crippen LogP contribution < -0.4 is 4.74 Å². The van der Waals surface area contributed by atoms with Crippen molar-refractivity contribution in [2.45, 2.75) is 47.2 Å². The molecule has 0 heterocycles. The SMILES string of the molecule is CC=CC=CCOc1ccccc1.C[SiH](C)[Ti][C]1=CC(C(C)(C)C)=CC1. The van der Waals surface area contributed by atoms with Crippen LogP contribution in [0.1, 0.15) is 34.1 Å². The third-order valence-electron chi connectivity index (χ3n) is 3.74. The van der Waals surface area contributed by atoms with E-state index in [1.54, 1.807) is 9.45 Å². The Morgan fingerprint density at radius 1 is 1.12 bits per heavy atom. The van der Waals surface area contributed by atoms with Gasteiger partial charge in [0.1, 0.15) is 12.4 Å². The van der Waals surface area contributed by atoms with Crippen molar-refractivity contribution in [3.8, 4) is 5.75 Å². The van der Waals surface area contributed by atoms with E-state index in [1.807, 2.05) is 61.6 Å². The van der Waals surface area contributed by atoms with Crippen molar-refractivity contribution in [2.24, 2.45) is 5.41 Å². The van der Waals surface area contributed by atoms with E-state index in [2.05, 4.69) is 46.0 Å². The molecular weight excluding hydrogens is 368 g/mol. The molecule has 26 heavy (non-hydrogen) atoms. The van der Waals surface area contributed by atoms with E-state index >= 15 is 0 Å². The predicted octanol–water partition coefficient (Wildman–Crippen LogP) is 6.51. The molecule has 3 heteroatoms. The molecule has 1 aliphatic carbocycles. The first-order chi connectivity index (χ1) is 12.3. The molecule has 0 aliphatic heterocycles. The normalized spacial score (nSPS) is 14.3. The molecule has 2 rings (SSSR count). The summed E-state index contributed by atoms with van der Waals surface area (Å²) in [5.74, 6) is 0.910. The Morgan fingerprint density at radius 2 is 1.81 bits per heavy atom. The van der Waals surface area contributed by atoms with E-state index in [1.165, 1.54) is 6.42 Å². The van der Waals surface area contributed by atoms with Gasteiger partial charge in [-0.15, -0.1) is 0 Å². The summed E-state index contributed by atoms with van der Waals surface area (Å²) in [4.78, 5) is 0. The summed E-state index contributed by atoms with van der Waals surface area (Å²) in [5.41, 5.74) is 1.94. The molecule has 0 aromatic heterocycles. The van der Waals surface area contributed by atoms with Crippen molar-refractivity contribution >= 4 is 6.66 Å². The Morgan fingerprint density at radius 3 is 2.35 bits per heavy atom. The Bertz CT molecular complexity index is 634. The number of allylic oxidation sites excluding steroid dienone is 7. The number of benzene rings is 1. The minimum atomic E-state index is -0.282. The molecule has 140 valence electrons. The predicted molar refractivity (Wildman–Crippen MR) is 115 cm³/mol. The fourth-order valence-corrected chi connectivity index (χ4v) is 8.19. The molecule has 1 aromatic rings. The van der Waals surface area contributed by atoms with Gasteiger partial charge in [-0.25, -0.2) is 0 Å². The zero-order valence-electron chi connectivity index (χ0n) is 17.3. The van der Waals surface area contributed by atoms with Gasteiger partial charge in [0, 0.05) is 0 Å². The maximum absolute atomic E-state index is 5.43. The molecule has 0 unspecified atom stereocenters. The molecule has 0 N–H and O–H groups in total. The summed E-state index contributed by atoms with van der Waals surface area (Å²) in [5, 5.41) is 0. The maximum atomic E-state index is 5.43. The quantitative estimate of drug-likeness (QED) is 0.389. The summed E-state index contributed by atoms with van der Waals surface area (Å²) in [6.45, 7) is 14.2. The van der Waals surface area contributed by atoms with Crippen LogP contribution in [0.3, 0.4) is 0 Å². The van der Waals surface area contributed by atoms with Gasteiger partial charge in [0.2, 0.25) is 0 Å². The van der Waals surface area contributed by atoms with E-state index in [9.17, 15) is 0 Å². The molecule has 0 fully saturated rings. The van der Waals surface area contributed by atoms with Crippen LogP contribution in [0.4, 0.5) is 0 Å². The number of para-hydroxylation sites is 1. The van der Waals surface area contributed by atoms with Crippen molar-refractivity contribution in [3.63, 3.8) is 0 Å². The van der Waals surface area contributed by atoms with Crippen molar-refractivity contribution in [1.82, 2.24) is 0 Å². The van der Waals surface area contributed by atoms with E-state index < -0.39 is 0 Å². The molecule has 0 saturated carbocycles. The van der Waals surface area contributed by atoms with Crippen LogP contribution in [0, 0.1) is 5.41 Å². The topological polar surface area (TPSA) is 9.23 Å². The number of hydrogen-bond donors (Lipinski definition) is 0. The summed E-state index contributed by atoms with van der Waals surface area (Å²) < 4.78 is 7.23. The van der Waals surface area contributed by atoms with Gasteiger partial charge < -0.3 is 4.74 Å². The number of rotatable bonds is 6. The summed E-state index contributed by atoms with van der Waals surface area (Å²) in [7, 11) is 0. The van der Waals surface area contributed by atoms with Crippen LogP contribution in [0.2, 0.25) is 13.1 Å². The van der Waals surface area contributed by atoms with Crippen molar-refractivity contribution in [3.05, 3.63) is 76.2 Å². The summed E-state index contributed by atoms with van der Waals surface area (Å²) in [6, 6.07) is 9.80. The zero-order chi connectivity index (χ0) is 19.4. The average Bonchev–Trinajstić information content (AvgIpc) is 3.04. The van der Waals surface area contributed by atoms with Gasteiger partial charge in [-0.05, 0) is 25.1 Å². The molecule has 1 aliphatic rings. The van der Waals surface area contributed by atoms with Gasteiger partial charge in [0.15, 0.2) is 0 Å². The van der Waals surface area contributed by atoms with E-state index in [0.717, 1.165) is 5.75 Å². The van der Waals surface area contributed by atoms with Crippen LogP contribution >= 0.6 is 0 Å². The first kappa shape index (κ1) is 23.0. The van der Waals surface area contributed by atoms with Crippen LogP contribution in [-0.2, 0) is 18.4 Å². The van der Waals surface area contributed by atoms with E-state index in [4.69, 9.17) is 4.74 Å². The number of hydrogen-bond acceptors (Lipinski definition) is 1. The van der Waals surface area contributed by atoms with Gasteiger partial charge in [0.25, 0.3) is 0 Å². The third kappa shape index (κ3) is 10.2. The van der Waals surface area contributed by atoms with Crippen LogP contribution in [-0.4, -0.2) is 13.3 Å². The van der Waals surface area contributed by atoms with Crippen molar-refractivity contribution in [2.75, 3.05) is 6.61 Å². The van der Waals surface area contributed by atoms with Crippen LogP contribution in [0.25, 0.3) is 0 Å². The first-order valence-electron chi connectivity index (χ1n) is 9.46. The van der Waals surface area contributed by atoms with Gasteiger partial charge >= 0.3 is 92.4 Å². The van der Waals surface area contributed by atoms with E-state index in [0.29, 0.717) is 30.4 Å². The average molecular weight is 402 g/mol. The summed E-state index contributed by atoms with van der Waals surface area (Å²) in [6.07, 6.45) is 14.1.